The van der Waals surface area contributed by atoms with Gasteiger partial charge in [0, 0.05) is 23.3 Å². The molecule has 22 heavy (non-hydrogen) atoms. The predicted octanol–water partition coefficient (Wildman–Crippen LogP) is 2.11. The van der Waals surface area contributed by atoms with Crippen LogP contribution in [0.3, 0.4) is 0 Å². The molecule has 1 aromatic heterocycles. The maximum atomic E-state index is 12.0. The minimum Gasteiger partial charge on any atom is -0.465 e. The second kappa shape index (κ2) is 7.96. The molecule has 1 heterocycles. The van der Waals surface area contributed by atoms with Gasteiger partial charge in [-0.1, -0.05) is 18.2 Å². The summed E-state index contributed by atoms with van der Waals surface area (Å²) in [6.45, 7) is 0.220. The Bertz CT molecular complexity index is 716. The van der Waals surface area contributed by atoms with Crippen LogP contribution in [0, 0.1) is 11.3 Å². The van der Waals surface area contributed by atoms with Gasteiger partial charge in [0.25, 0.3) is 5.91 Å². The molecule has 1 amide bonds. The summed E-state index contributed by atoms with van der Waals surface area (Å²) in [5.74, 6) is 0.207. The molecule has 6 heteroatoms. The Hall–Kier alpha value is -2.65. The van der Waals surface area contributed by atoms with Crippen molar-refractivity contribution >= 4 is 22.8 Å². The number of hydrogen-bond donors (Lipinski definition) is 1. The minimum atomic E-state index is -1.18. The Morgan fingerprint density at radius 3 is 2.68 bits per heavy atom. The maximum Gasteiger partial charge on any atom is 0.262 e. The Kier molecular flexibility index (Phi) is 5.69. The lowest BCUT2D eigenvalue weighted by molar-refractivity contribution is -0.116. The summed E-state index contributed by atoms with van der Waals surface area (Å²) in [4.78, 5) is 12.6. The summed E-state index contributed by atoms with van der Waals surface area (Å²) >= 11 is 0. The first-order valence-corrected chi connectivity index (χ1v) is 7.89. The molecule has 0 saturated heterocycles. The van der Waals surface area contributed by atoms with Gasteiger partial charge in [-0.15, -0.1) is 0 Å². The highest BCUT2D eigenvalue weighted by Gasteiger charge is 2.10. The van der Waals surface area contributed by atoms with Gasteiger partial charge in [-0.2, -0.15) is 5.26 Å². The standard InChI is InChI=1S/C16H14N2O3S/c17-12-13(11-14-5-4-9-21-14)16(19)18-8-10-22(20)15-6-2-1-3-7-15/h1-7,9,11H,8,10H2,(H,18,19)/b13-11+/t22-/m0/s1. The van der Waals surface area contributed by atoms with Crippen LogP contribution in [0.2, 0.25) is 0 Å². The third-order valence-corrected chi connectivity index (χ3v) is 4.15. The molecule has 1 N–H and O–H groups in total. The smallest absolute Gasteiger partial charge is 0.262 e. The Morgan fingerprint density at radius 1 is 1.27 bits per heavy atom. The van der Waals surface area contributed by atoms with Crippen molar-refractivity contribution in [1.29, 1.82) is 5.26 Å². The first-order valence-electron chi connectivity index (χ1n) is 6.57. The van der Waals surface area contributed by atoms with Crippen LogP contribution >= 0.6 is 0 Å². The van der Waals surface area contributed by atoms with E-state index in [0.717, 1.165) is 0 Å². The molecule has 1 atom stereocenters. The van der Waals surface area contributed by atoms with Gasteiger partial charge in [-0.3, -0.25) is 9.00 Å². The molecule has 2 aromatic rings. The molecule has 0 aliphatic rings. The molecular formula is C16H14N2O3S. The van der Waals surface area contributed by atoms with Crippen molar-refractivity contribution in [3.63, 3.8) is 0 Å². The van der Waals surface area contributed by atoms with Gasteiger partial charge in [-0.05, 0) is 24.3 Å². The van der Waals surface area contributed by atoms with Crippen LogP contribution in [0.15, 0.2) is 63.6 Å². The van der Waals surface area contributed by atoms with Crippen LogP contribution in [0.4, 0.5) is 0 Å². The highest BCUT2D eigenvalue weighted by Crippen LogP contribution is 2.07. The third kappa shape index (κ3) is 4.43. The predicted molar refractivity (Wildman–Crippen MR) is 83.0 cm³/mol. The zero-order chi connectivity index (χ0) is 15.8. The molecule has 5 nitrogen and oxygen atoms in total. The van der Waals surface area contributed by atoms with Gasteiger partial charge in [0.2, 0.25) is 0 Å². The van der Waals surface area contributed by atoms with E-state index >= 15 is 0 Å². The van der Waals surface area contributed by atoms with Crippen LogP contribution in [0.1, 0.15) is 5.76 Å². The number of hydrogen-bond acceptors (Lipinski definition) is 4. The van der Waals surface area contributed by atoms with E-state index in [1.807, 2.05) is 24.3 Å². The third-order valence-electron chi connectivity index (χ3n) is 2.77. The maximum absolute atomic E-state index is 12.0. The van der Waals surface area contributed by atoms with Crippen molar-refractivity contribution in [2.75, 3.05) is 12.3 Å². The Balaban J connectivity index is 1.87. The van der Waals surface area contributed by atoms with E-state index in [1.165, 1.54) is 12.3 Å². The fourth-order valence-corrected chi connectivity index (χ4v) is 2.69. The van der Waals surface area contributed by atoms with E-state index in [9.17, 15) is 9.00 Å². The molecule has 0 aliphatic carbocycles. The van der Waals surface area contributed by atoms with E-state index in [1.54, 1.807) is 24.3 Å². The first kappa shape index (κ1) is 15.7. The molecule has 0 radical (unpaired) electrons. The van der Waals surface area contributed by atoms with E-state index in [4.69, 9.17) is 9.68 Å². The molecule has 0 bridgehead atoms. The van der Waals surface area contributed by atoms with Crippen molar-refractivity contribution in [2.24, 2.45) is 0 Å². The van der Waals surface area contributed by atoms with E-state index in [0.29, 0.717) is 10.7 Å². The van der Waals surface area contributed by atoms with E-state index < -0.39 is 16.7 Å². The van der Waals surface area contributed by atoms with Crippen LogP contribution in [-0.4, -0.2) is 22.4 Å². The number of nitrogens with zero attached hydrogens (tertiary/aromatic N) is 1. The lowest BCUT2D eigenvalue weighted by Gasteiger charge is -2.04. The first-order chi connectivity index (χ1) is 10.7. The summed E-state index contributed by atoms with van der Waals surface area (Å²) in [7, 11) is -1.18. The summed E-state index contributed by atoms with van der Waals surface area (Å²) < 4.78 is 17.0. The number of furan rings is 1. The largest absolute Gasteiger partial charge is 0.465 e. The van der Waals surface area contributed by atoms with Gasteiger partial charge in [0.05, 0.1) is 17.1 Å². The monoisotopic (exact) mass is 314 g/mol. The fraction of sp³-hybridized carbons (Fsp3) is 0.125. The molecule has 0 unspecified atom stereocenters. The summed E-state index contributed by atoms with van der Waals surface area (Å²) in [5, 5.41) is 11.6. The second-order valence-corrected chi connectivity index (χ2v) is 5.87. The quantitative estimate of drug-likeness (QED) is 0.654. The zero-order valence-electron chi connectivity index (χ0n) is 11.7. The molecule has 0 aliphatic heterocycles. The van der Waals surface area contributed by atoms with Gasteiger partial charge < -0.3 is 9.73 Å². The van der Waals surface area contributed by atoms with Gasteiger partial charge in [-0.25, -0.2) is 0 Å². The highest BCUT2D eigenvalue weighted by molar-refractivity contribution is 7.85. The molecule has 2 rings (SSSR count). The summed E-state index contributed by atoms with van der Waals surface area (Å²) in [6, 6.07) is 14.2. The molecule has 0 fully saturated rings. The molecule has 1 aromatic carbocycles. The SMILES string of the molecule is N#C/C(=C\c1ccco1)C(=O)NCC[S@](=O)c1ccccc1. The van der Waals surface area contributed by atoms with Gasteiger partial charge in [0.15, 0.2) is 0 Å². The molecular weight excluding hydrogens is 300 g/mol. The zero-order valence-corrected chi connectivity index (χ0v) is 12.5. The normalized spacial score (nSPS) is 12.4. The van der Waals surface area contributed by atoms with Crippen LogP contribution in [0.5, 0.6) is 0 Å². The number of carbonyl (C=O) groups is 1. The van der Waals surface area contributed by atoms with Crippen molar-refractivity contribution < 1.29 is 13.4 Å². The number of nitrogens with one attached hydrogen (secondary N) is 1. The number of nitriles is 1. The number of amides is 1. The van der Waals surface area contributed by atoms with Crippen molar-refractivity contribution in [3.8, 4) is 6.07 Å². The average Bonchev–Trinajstić information content (AvgIpc) is 3.06. The minimum absolute atomic E-state index is 0.0551. The second-order valence-electron chi connectivity index (χ2n) is 4.30. The van der Waals surface area contributed by atoms with E-state index in [-0.39, 0.29) is 17.9 Å². The van der Waals surface area contributed by atoms with Crippen molar-refractivity contribution in [1.82, 2.24) is 5.32 Å². The Morgan fingerprint density at radius 2 is 2.05 bits per heavy atom. The number of rotatable bonds is 6. The number of carbonyl (C=O) groups excluding carboxylic acids is 1. The van der Waals surface area contributed by atoms with Crippen molar-refractivity contribution in [2.45, 2.75) is 4.90 Å². The molecule has 0 spiro atoms. The Labute approximate surface area is 130 Å². The lowest BCUT2D eigenvalue weighted by atomic mass is 10.2. The molecule has 112 valence electrons. The van der Waals surface area contributed by atoms with Gasteiger partial charge in [0.1, 0.15) is 17.4 Å². The van der Waals surface area contributed by atoms with Crippen LogP contribution in [-0.2, 0) is 15.6 Å². The van der Waals surface area contributed by atoms with Gasteiger partial charge >= 0.3 is 0 Å². The molecule has 0 saturated carbocycles. The topological polar surface area (TPSA) is 83.1 Å². The number of benzene rings is 1. The lowest BCUT2D eigenvalue weighted by Crippen LogP contribution is -2.28. The fourth-order valence-electron chi connectivity index (χ4n) is 1.71. The van der Waals surface area contributed by atoms with Crippen LogP contribution < -0.4 is 5.32 Å². The highest BCUT2D eigenvalue weighted by atomic mass is 32.2. The summed E-state index contributed by atoms with van der Waals surface area (Å²) in [5.41, 5.74) is -0.0551. The summed E-state index contributed by atoms with van der Waals surface area (Å²) in [6.07, 6.45) is 2.82. The van der Waals surface area contributed by atoms with Crippen molar-refractivity contribution in [3.05, 3.63) is 60.1 Å². The van der Waals surface area contributed by atoms with Crippen LogP contribution in [0.25, 0.3) is 6.08 Å². The average molecular weight is 314 g/mol. The van der Waals surface area contributed by atoms with E-state index in [2.05, 4.69) is 5.32 Å².